The van der Waals surface area contributed by atoms with E-state index in [1.165, 1.54) is 17.0 Å². The second kappa shape index (κ2) is 5.35. The molecule has 6 nitrogen and oxygen atoms in total. The van der Waals surface area contributed by atoms with Crippen molar-refractivity contribution in [1.82, 2.24) is 4.90 Å². The first-order valence-corrected chi connectivity index (χ1v) is 6.98. The number of nitrogens with zero attached hydrogens (tertiary/aromatic N) is 2. The summed E-state index contributed by atoms with van der Waals surface area (Å²) in [5, 5.41) is 20.5. The molecule has 1 aliphatic heterocycles. The number of benzene rings is 1. The van der Waals surface area contributed by atoms with Gasteiger partial charge in [0.2, 0.25) is 0 Å². The topological polar surface area (TPSA) is 83.7 Å². The molecule has 1 atom stereocenters. The second-order valence-corrected chi connectivity index (χ2v) is 6.49. The Kier molecular flexibility index (Phi) is 3.89. The van der Waals surface area contributed by atoms with E-state index in [4.69, 9.17) is 0 Å². The van der Waals surface area contributed by atoms with Crippen LogP contribution in [0.5, 0.6) is 0 Å². The third kappa shape index (κ3) is 2.99. The number of fused-ring (bicyclic) bond motifs is 1. The minimum atomic E-state index is -0.978. The highest BCUT2D eigenvalue weighted by atomic mass is 16.6. The number of nitro benzene ring substituents is 1. The van der Waals surface area contributed by atoms with E-state index in [-0.39, 0.29) is 17.1 Å². The van der Waals surface area contributed by atoms with Crippen molar-refractivity contribution in [2.45, 2.75) is 39.7 Å². The van der Waals surface area contributed by atoms with Crippen molar-refractivity contribution < 1.29 is 14.8 Å². The number of carboxylic acid groups (broad SMARTS) is 1. The van der Waals surface area contributed by atoms with Crippen LogP contribution in [0.25, 0.3) is 0 Å². The highest BCUT2D eigenvalue weighted by Crippen LogP contribution is 2.42. The van der Waals surface area contributed by atoms with Gasteiger partial charge in [0.15, 0.2) is 0 Å². The summed E-state index contributed by atoms with van der Waals surface area (Å²) < 4.78 is 0. The van der Waals surface area contributed by atoms with Crippen molar-refractivity contribution >= 4 is 11.8 Å². The molecule has 1 N–H and O–H groups in total. The van der Waals surface area contributed by atoms with Gasteiger partial charge in [-0.15, -0.1) is 0 Å². The van der Waals surface area contributed by atoms with E-state index in [0.29, 0.717) is 6.54 Å². The number of nitro groups is 1. The highest BCUT2D eigenvalue weighted by Gasteiger charge is 2.38. The third-order valence-corrected chi connectivity index (χ3v) is 3.86. The van der Waals surface area contributed by atoms with Crippen LogP contribution in [0.3, 0.4) is 0 Å². The van der Waals surface area contributed by atoms with Crippen molar-refractivity contribution in [1.29, 1.82) is 0 Å². The van der Waals surface area contributed by atoms with Gasteiger partial charge in [-0.3, -0.25) is 10.1 Å². The summed E-state index contributed by atoms with van der Waals surface area (Å²) in [6.45, 7) is 6.32. The highest BCUT2D eigenvalue weighted by molar-refractivity contribution is 5.66. The minimum Gasteiger partial charge on any atom is -0.465 e. The summed E-state index contributed by atoms with van der Waals surface area (Å²) in [6, 6.07) is 4.41. The average molecular weight is 292 g/mol. The lowest BCUT2D eigenvalue weighted by molar-refractivity contribution is -0.385. The standard InChI is InChI=1S/C15H20N2O4/c1-15(2,3)13-12-9-11(17(20)21)7-6-10(12)5-4-8-16(13)14(18)19/h6-7,9,13H,4-5,8H2,1-3H3,(H,18,19). The molecule has 0 saturated carbocycles. The fraction of sp³-hybridized carbons (Fsp3) is 0.533. The van der Waals surface area contributed by atoms with Crippen LogP contribution in [-0.4, -0.2) is 27.6 Å². The predicted molar refractivity (Wildman–Crippen MR) is 78.3 cm³/mol. The molecule has 1 aromatic rings. The van der Waals surface area contributed by atoms with E-state index >= 15 is 0 Å². The Balaban J connectivity index is 2.62. The maximum atomic E-state index is 11.6. The van der Waals surface area contributed by atoms with E-state index in [1.54, 1.807) is 6.07 Å². The van der Waals surface area contributed by atoms with E-state index in [2.05, 4.69) is 0 Å². The molecule has 1 aromatic carbocycles. The summed E-state index contributed by atoms with van der Waals surface area (Å²) in [6.07, 6.45) is 0.488. The van der Waals surface area contributed by atoms with Crippen LogP contribution in [0.1, 0.15) is 44.4 Å². The second-order valence-electron chi connectivity index (χ2n) is 6.49. The number of hydrogen-bond acceptors (Lipinski definition) is 3. The Morgan fingerprint density at radius 2 is 2.10 bits per heavy atom. The molecule has 1 aliphatic rings. The number of rotatable bonds is 1. The zero-order chi connectivity index (χ0) is 15.8. The zero-order valence-electron chi connectivity index (χ0n) is 12.5. The fourth-order valence-electron chi connectivity index (χ4n) is 3.06. The summed E-state index contributed by atoms with van der Waals surface area (Å²) in [5.74, 6) is 0. The van der Waals surface area contributed by atoms with E-state index in [1.807, 2.05) is 20.8 Å². The predicted octanol–water partition coefficient (Wildman–Crippen LogP) is 3.61. The van der Waals surface area contributed by atoms with Gasteiger partial charge in [-0.2, -0.15) is 0 Å². The Morgan fingerprint density at radius 1 is 1.43 bits per heavy atom. The number of carbonyl (C=O) groups is 1. The van der Waals surface area contributed by atoms with Crippen LogP contribution in [0, 0.1) is 15.5 Å². The molecule has 0 saturated heterocycles. The number of hydrogen-bond donors (Lipinski definition) is 1. The lowest BCUT2D eigenvalue weighted by atomic mass is 9.80. The Morgan fingerprint density at radius 3 is 2.62 bits per heavy atom. The van der Waals surface area contributed by atoms with Crippen LogP contribution >= 0.6 is 0 Å². The van der Waals surface area contributed by atoms with Crippen molar-refractivity contribution in [3.8, 4) is 0 Å². The van der Waals surface area contributed by atoms with E-state index in [9.17, 15) is 20.0 Å². The molecule has 0 fully saturated rings. The van der Waals surface area contributed by atoms with Crippen LogP contribution in [-0.2, 0) is 6.42 Å². The Bertz CT molecular complexity index is 578. The number of aryl methyl sites for hydroxylation is 1. The van der Waals surface area contributed by atoms with Crippen LogP contribution < -0.4 is 0 Å². The molecule has 0 aromatic heterocycles. The molecule has 2 rings (SSSR count). The maximum Gasteiger partial charge on any atom is 0.407 e. The molecule has 0 radical (unpaired) electrons. The van der Waals surface area contributed by atoms with Gasteiger partial charge in [0.25, 0.3) is 5.69 Å². The van der Waals surface area contributed by atoms with Crippen molar-refractivity contribution in [2.75, 3.05) is 6.54 Å². The van der Waals surface area contributed by atoms with Crippen LogP contribution in [0.15, 0.2) is 18.2 Å². The molecule has 21 heavy (non-hydrogen) atoms. The summed E-state index contributed by atoms with van der Waals surface area (Å²) in [5.41, 5.74) is 1.43. The van der Waals surface area contributed by atoms with Crippen molar-refractivity contribution in [3.63, 3.8) is 0 Å². The lowest BCUT2D eigenvalue weighted by Gasteiger charge is -2.38. The van der Waals surface area contributed by atoms with Gasteiger partial charge in [0, 0.05) is 18.7 Å². The van der Waals surface area contributed by atoms with Crippen LogP contribution in [0.2, 0.25) is 0 Å². The van der Waals surface area contributed by atoms with E-state index in [0.717, 1.165) is 24.0 Å². The first-order valence-electron chi connectivity index (χ1n) is 6.98. The van der Waals surface area contributed by atoms with Crippen molar-refractivity contribution in [3.05, 3.63) is 39.4 Å². The van der Waals surface area contributed by atoms with Crippen molar-refractivity contribution in [2.24, 2.45) is 5.41 Å². The summed E-state index contributed by atoms with van der Waals surface area (Å²) in [7, 11) is 0. The molecule has 0 bridgehead atoms. The molecule has 1 unspecified atom stereocenters. The maximum absolute atomic E-state index is 11.6. The van der Waals surface area contributed by atoms with Crippen LogP contribution in [0.4, 0.5) is 10.5 Å². The molecule has 1 amide bonds. The largest absolute Gasteiger partial charge is 0.465 e. The number of amides is 1. The fourth-order valence-corrected chi connectivity index (χ4v) is 3.06. The smallest absolute Gasteiger partial charge is 0.407 e. The normalized spacial score (nSPS) is 18.8. The minimum absolute atomic E-state index is 0.00948. The quantitative estimate of drug-likeness (QED) is 0.633. The number of non-ortho nitro benzene ring substituents is 1. The van der Waals surface area contributed by atoms with Gasteiger partial charge < -0.3 is 10.0 Å². The SMILES string of the molecule is CC(C)(C)C1c2cc([N+](=O)[O-])ccc2CCCN1C(=O)O. The molecule has 114 valence electrons. The van der Waals surface area contributed by atoms with Gasteiger partial charge in [-0.25, -0.2) is 4.79 Å². The van der Waals surface area contributed by atoms with Gasteiger partial charge in [-0.1, -0.05) is 26.8 Å². The van der Waals surface area contributed by atoms with Gasteiger partial charge in [-0.05, 0) is 29.4 Å². The molecule has 1 heterocycles. The summed E-state index contributed by atoms with van der Waals surface area (Å²) in [4.78, 5) is 23.6. The zero-order valence-corrected chi connectivity index (χ0v) is 12.5. The lowest BCUT2D eigenvalue weighted by Crippen LogP contribution is -2.40. The monoisotopic (exact) mass is 292 g/mol. The van der Waals surface area contributed by atoms with Gasteiger partial charge >= 0.3 is 6.09 Å². The molecule has 0 aliphatic carbocycles. The Hall–Kier alpha value is -2.11. The molecule has 0 spiro atoms. The van der Waals surface area contributed by atoms with Gasteiger partial charge in [0.05, 0.1) is 11.0 Å². The Labute approximate surface area is 123 Å². The third-order valence-electron chi connectivity index (χ3n) is 3.86. The molecular weight excluding hydrogens is 272 g/mol. The van der Waals surface area contributed by atoms with E-state index < -0.39 is 11.0 Å². The van der Waals surface area contributed by atoms with Gasteiger partial charge in [0.1, 0.15) is 0 Å². The summed E-state index contributed by atoms with van der Waals surface area (Å²) >= 11 is 0. The first-order chi connectivity index (χ1) is 9.71. The average Bonchev–Trinajstić information content (AvgIpc) is 2.56. The first kappa shape index (κ1) is 15.3. The molecular formula is C15H20N2O4. The molecule has 6 heteroatoms.